The zero-order valence-electron chi connectivity index (χ0n) is 14.4. The Labute approximate surface area is 144 Å². The monoisotopic (exact) mass is 335 g/mol. The summed E-state index contributed by atoms with van der Waals surface area (Å²) in [6.07, 6.45) is 8.93. The molecule has 0 aromatic heterocycles. The SMILES string of the molecule is CC1=CCC/C(C)=C/[C@H]2OC(=O)[C@@H](CN3CCSCC3)[C@@H]2CC1. The van der Waals surface area contributed by atoms with Gasteiger partial charge in [-0.3, -0.25) is 4.79 Å². The van der Waals surface area contributed by atoms with Gasteiger partial charge in [-0.2, -0.15) is 11.8 Å². The Kier molecular flexibility index (Phi) is 5.86. The molecule has 3 aliphatic rings. The number of thioether (sulfide) groups is 1. The molecule has 0 saturated carbocycles. The van der Waals surface area contributed by atoms with Crippen LogP contribution in [0.3, 0.4) is 0 Å². The highest BCUT2D eigenvalue weighted by Gasteiger charge is 2.43. The van der Waals surface area contributed by atoms with Crippen LogP contribution in [0, 0.1) is 11.8 Å². The van der Waals surface area contributed by atoms with Crippen LogP contribution in [0.4, 0.5) is 0 Å². The molecule has 128 valence electrons. The number of esters is 1. The van der Waals surface area contributed by atoms with Gasteiger partial charge in [0.25, 0.3) is 0 Å². The maximum atomic E-state index is 12.5. The first-order valence-corrected chi connectivity index (χ1v) is 10.1. The van der Waals surface area contributed by atoms with E-state index >= 15 is 0 Å². The lowest BCUT2D eigenvalue weighted by Gasteiger charge is -2.30. The number of fused-ring (bicyclic) bond motifs is 1. The summed E-state index contributed by atoms with van der Waals surface area (Å²) in [6, 6.07) is 0. The number of carbonyl (C=O) groups is 1. The fourth-order valence-electron chi connectivity index (χ4n) is 3.91. The molecule has 0 unspecified atom stereocenters. The first-order chi connectivity index (χ1) is 11.1. The quantitative estimate of drug-likeness (QED) is 0.569. The smallest absolute Gasteiger partial charge is 0.311 e. The van der Waals surface area contributed by atoms with E-state index in [9.17, 15) is 4.79 Å². The maximum Gasteiger partial charge on any atom is 0.311 e. The summed E-state index contributed by atoms with van der Waals surface area (Å²) in [5.74, 6) is 2.81. The van der Waals surface area contributed by atoms with Gasteiger partial charge in [-0.05, 0) is 45.6 Å². The second-order valence-corrected chi connectivity index (χ2v) is 8.45. The number of rotatable bonds is 2. The summed E-state index contributed by atoms with van der Waals surface area (Å²) < 4.78 is 5.79. The van der Waals surface area contributed by atoms with E-state index in [1.165, 1.54) is 22.7 Å². The Morgan fingerprint density at radius 3 is 2.78 bits per heavy atom. The lowest BCUT2D eigenvalue weighted by molar-refractivity contribution is -0.143. The van der Waals surface area contributed by atoms with Crippen molar-refractivity contribution in [2.24, 2.45) is 11.8 Å². The average Bonchev–Trinajstić information content (AvgIpc) is 2.81. The van der Waals surface area contributed by atoms with E-state index in [-0.39, 0.29) is 18.0 Å². The number of hydrogen-bond acceptors (Lipinski definition) is 4. The molecule has 0 bridgehead atoms. The van der Waals surface area contributed by atoms with Gasteiger partial charge in [0.2, 0.25) is 0 Å². The molecule has 0 amide bonds. The van der Waals surface area contributed by atoms with Gasteiger partial charge in [0, 0.05) is 37.1 Å². The fraction of sp³-hybridized carbons (Fsp3) is 0.737. The predicted octanol–water partition coefficient (Wildman–Crippen LogP) is 3.66. The van der Waals surface area contributed by atoms with Gasteiger partial charge in [0.1, 0.15) is 6.10 Å². The van der Waals surface area contributed by atoms with Crippen molar-refractivity contribution in [3.63, 3.8) is 0 Å². The summed E-state index contributed by atoms with van der Waals surface area (Å²) >= 11 is 2.02. The summed E-state index contributed by atoms with van der Waals surface area (Å²) in [7, 11) is 0. The van der Waals surface area contributed by atoms with Crippen LogP contribution >= 0.6 is 11.8 Å². The van der Waals surface area contributed by atoms with E-state index < -0.39 is 0 Å². The Hall–Kier alpha value is -0.740. The fourth-order valence-corrected chi connectivity index (χ4v) is 4.89. The molecular weight excluding hydrogens is 306 g/mol. The number of ether oxygens (including phenoxy) is 1. The third kappa shape index (κ3) is 4.42. The molecule has 0 spiro atoms. The molecule has 3 rings (SSSR count). The largest absolute Gasteiger partial charge is 0.458 e. The average molecular weight is 336 g/mol. The highest BCUT2D eigenvalue weighted by molar-refractivity contribution is 7.99. The minimum Gasteiger partial charge on any atom is -0.458 e. The first kappa shape index (κ1) is 17.1. The van der Waals surface area contributed by atoms with Gasteiger partial charge in [0.15, 0.2) is 0 Å². The van der Waals surface area contributed by atoms with Crippen LogP contribution in [-0.2, 0) is 9.53 Å². The first-order valence-electron chi connectivity index (χ1n) is 8.97. The van der Waals surface area contributed by atoms with Crippen molar-refractivity contribution in [3.8, 4) is 0 Å². The van der Waals surface area contributed by atoms with E-state index in [0.29, 0.717) is 5.92 Å². The number of hydrogen-bond donors (Lipinski definition) is 0. The van der Waals surface area contributed by atoms with Crippen molar-refractivity contribution >= 4 is 17.7 Å². The predicted molar refractivity (Wildman–Crippen MR) is 96.6 cm³/mol. The Bertz CT molecular complexity index is 494. The Morgan fingerprint density at radius 1 is 1.22 bits per heavy atom. The zero-order valence-corrected chi connectivity index (χ0v) is 15.2. The maximum absolute atomic E-state index is 12.5. The van der Waals surface area contributed by atoms with Crippen molar-refractivity contribution < 1.29 is 9.53 Å². The van der Waals surface area contributed by atoms with Gasteiger partial charge >= 0.3 is 5.97 Å². The standard InChI is InChI=1S/C19H29NO2S/c1-14-4-3-5-15(2)12-18-16(7-6-14)17(19(21)22-18)13-20-8-10-23-11-9-20/h4,12,16-18H,3,5-11,13H2,1-2H3/b14-4?,15-12+/t16-,17-,18+/m0/s1. The van der Waals surface area contributed by atoms with Crippen LogP contribution in [0.25, 0.3) is 0 Å². The molecule has 1 aliphatic carbocycles. The third-order valence-electron chi connectivity index (χ3n) is 5.40. The molecule has 23 heavy (non-hydrogen) atoms. The van der Waals surface area contributed by atoms with E-state index in [4.69, 9.17) is 4.74 Å². The van der Waals surface area contributed by atoms with Gasteiger partial charge < -0.3 is 9.64 Å². The van der Waals surface area contributed by atoms with E-state index in [1.54, 1.807) is 0 Å². The molecule has 0 radical (unpaired) electrons. The van der Waals surface area contributed by atoms with Crippen LogP contribution in [0.1, 0.15) is 39.5 Å². The van der Waals surface area contributed by atoms with Crippen molar-refractivity contribution in [1.29, 1.82) is 0 Å². The van der Waals surface area contributed by atoms with Crippen LogP contribution in [0.2, 0.25) is 0 Å². The molecular formula is C19H29NO2S. The molecule has 0 N–H and O–H groups in total. The van der Waals surface area contributed by atoms with E-state index in [0.717, 1.165) is 45.3 Å². The summed E-state index contributed by atoms with van der Waals surface area (Å²) in [4.78, 5) is 15.0. The minimum atomic E-state index is -0.00225. The van der Waals surface area contributed by atoms with Crippen LogP contribution in [-0.4, -0.2) is 48.1 Å². The lowest BCUT2D eigenvalue weighted by Crippen LogP contribution is -2.39. The van der Waals surface area contributed by atoms with Crippen molar-refractivity contribution in [3.05, 3.63) is 23.3 Å². The molecule has 0 aromatic carbocycles. The second kappa shape index (κ2) is 7.89. The number of allylic oxidation sites excluding steroid dienone is 3. The van der Waals surface area contributed by atoms with Crippen molar-refractivity contribution in [2.75, 3.05) is 31.1 Å². The molecule has 2 heterocycles. The topological polar surface area (TPSA) is 29.5 Å². The molecule has 2 fully saturated rings. The molecule has 2 aliphatic heterocycles. The molecule has 4 heteroatoms. The van der Waals surface area contributed by atoms with E-state index in [2.05, 4.69) is 30.9 Å². The van der Waals surface area contributed by atoms with Crippen molar-refractivity contribution in [2.45, 2.75) is 45.6 Å². The van der Waals surface area contributed by atoms with Gasteiger partial charge in [-0.1, -0.05) is 17.2 Å². The zero-order chi connectivity index (χ0) is 16.2. The molecule has 0 aromatic rings. The van der Waals surface area contributed by atoms with Gasteiger partial charge in [-0.15, -0.1) is 0 Å². The number of carbonyl (C=O) groups excluding carboxylic acids is 1. The normalized spacial score (nSPS) is 35.7. The minimum absolute atomic E-state index is 0.00225. The van der Waals surface area contributed by atoms with E-state index in [1.807, 2.05) is 11.8 Å². The molecule has 3 nitrogen and oxygen atoms in total. The van der Waals surface area contributed by atoms with Crippen LogP contribution in [0.15, 0.2) is 23.3 Å². The highest BCUT2D eigenvalue weighted by Crippen LogP contribution is 2.36. The number of nitrogens with zero attached hydrogens (tertiary/aromatic N) is 1. The summed E-state index contributed by atoms with van der Waals surface area (Å²) in [5, 5.41) is 0. The molecule has 2 saturated heterocycles. The summed E-state index contributed by atoms with van der Waals surface area (Å²) in [6.45, 7) is 7.50. The van der Waals surface area contributed by atoms with Crippen molar-refractivity contribution in [1.82, 2.24) is 4.90 Å². The van der Waals surface area contributed by atoms with Crippen LogP contribution < -0.4 is 0 Å². The van der Waals surface area contributed by atoms with Crippen LogP contribution in [0.5, 0.6) is 0 Å². The summed E-state index contributed by atoms with van der Waals surface area (Å²) in [5.41, 5.74) is 2.82. The lowest BCUT2D eigenvalue weighted by atomic mass is 9.83. The highest BCUT2D eigenvalue weighted by atomic mass is 32.2. The Morgan fingerprint density at radius 2 is 2.00 bits per heavy atom. The second-order valence-electron chi connectivity index (χ2n) is 7.23. The van der Waals surface area contributed by atoms with Gasteiger partial charge in [0.05, 0.1) is 5.92 Å². The van der Waals surface area contributed by atoms with Gasteiger partial charge in [-0.25, -0.2) is 0 Å². The molecule has 3 atom stereocenters. The third-order valence-corrected chi connectivity index (χ3v) is 6.35. The Balaban J connectivity index is 1.74.